The molecule has 1 aromatic carbocycles. The Bertz CT molecular complexity index is 385. The molecule has 3 nitrogen and oxygen atoms in total. The summed E-state index contributed by atoms with van der Waals surface area (Å²) in [5.41, 5.74) is -0.0431. The van der Waals surface area contributed by atoms with Gasteiger partial charge in [-0.15, -0.1) is 0 Å². The quantitative estimate of drug-likeness (QED) is 0.890. The van der Waals surface area contributed by atoms with E-state index in [0.29, 0.717) is 6.42 Å². The van der Waals surface area contributed by atoms with Crippen LogP contribution in [-0.4, -0.2) is 16.2 Å². The summed E-state index contributed by atoms with van der Waals surface area (Å²) in [6.07, 6.45) is 0.372. The minimum Gasteiger partial charge on any atom is -0.508 e. The van der Waals surface area contributed by atoms with E-state index in [1.807, 2.05) is 0 Å². The van der Waals surface area contributed by atoms with Crippen LogP contribution in [0.25, 0.3) is 0 Å². The molecule has 0 spiro atoms. The maximum absolute atomic E-state index is 10.9. The number of hydrogen-bond acceptors (Lipinski definition) is 2. The summed E-state index contributed by atoms with van der Waals surface area (Å²) in [6, 6.07) is 4.85. The van der Waals surface area contributed by atoms with E-state index in [9.17, 15) is 9.90 Å². The van der Waals surface area contributed by atoms with E-state index in [1.54, 1.807) is 32.0 Å². The number of phenolic OH excluding ortho intramolecular Hbond substituents is 1. The highest BCUT2D eigenvalue weighted by Gasteiger charge is 2.28. The third-order valence-corrected chi connectivity index (χ3v) is 3.01. The van der Waals surface area contributed by atoms with E-state index in [1.165, 1.54) is 0 Å². The summed E-state index contributed by atoms with van der Waals surface area (Å²) >= 11 is 3.33. The molecule has 15 heavy (non-hydrogen) atoms. The number of carboxylic acid groups (broad SMARTS) is 1. The standard InChI is InChI=1S/C11H13BrO3/c1-11(2,10(14)15)6-7-5-8(13)3-4-9(7)12/h3-5,13H,6H2,1-2H3,(H,14,15). The van der Waals surface area contributed by atoms with Crippen molar-refractivity contribution in [2.45, 2.75) is 20.3 Å². The third kappa shape index (κ3) is 2.96. The van der Waals surface area contributed by atoms with Gasteiger partial charge in [-0.1, -0.05) is 15.9 Å². The first-order valence-corrected chi connectivity index (χ1v) is 5.33. The molecule has 0 radical (unpaired) electrons. The largest absolute Gasteiger partial charge is 0.508 e. The Balaban J connectivity index is 2.99. The Morgan fingerprint density at radius 1 is 1.47 bits per heavy atom. The molecule has 0 aliphatic carbocycles. The van der Waals surface area contributed by atoms with Gasteiger partial charge in [-0.25, -0.2) is 0 Å². The summed E-state index contributed by atoms with van der Waals surface area (Å²) in [6.45, 7) is 3.32. The van der Waals surface area contributed by atoms with Gasteiger partial charge in [0.1, 0.15) is 5.75 Å². The lowest BCUT2D eigenvalue weighted by Gasteiger charge is -2.19. The third-order valence-electron chi connectivity index (χ3n) is 2.24. The van der Waals surface area contributed by atoms with Gasteiger partial charge >= 0.3 is 5.97 Å². The van der Waals surface area contributed by atoms with Crippen molar-refractivity contribution in [2.75, 3.05) is 0 Å². The highest BCUT2D eigenvalue weighted by atomic mass is 79.9. The number of aromatic hydroxyl groups is 1. The van der Waals surface area contributed by atoms with Crippen LogP contribution < -0.4 is 0 Å². The van der Waals surface area contributed by atoms with Gasteiger partial charge in [0.2, 0.25) is 0 Å². The van der Waals surface area contributed by atoms with Crippen LogP contribution in [0.5, 0.6) is 5.75 Å². The van der Waals surface area contributed by atoms with Crippen molar-refractivity contribution in [3.8, 4) is 5.75 Å². The van der Waals surface area contributed by atoms with Crippen molar-refractivity contribution < 1.29 is 15.0 Å². The van der Waals surface area contributed by atoms with Crippen LogP contribution in [0.1, 0.15) is 19.4 Å². The molecule has 0 atom stereocenters. The van der Waals surface area contributed by atoms with E-state index in [2.05, 4.69) is 15.9 Å². The predicted octanol–water partition coefficient (Wildman–Crippen LogP) is 2.81. The van der Waals surface area contributed by atoms with E-state index in [0.717, 1.165) is 10.0 Å². The second-order valence-corrected chi connectivity index (χ2v) is 5.00. The number of halogens is 1. The normalized spacial score (nSPS) is 11.4. The van der Waals surface area contributed by atoms with Gasteiger partial charge in [0, 0.05) is 4.47 Å². The molecule has 1 rings (SSSR count). The molecule has 1 aromatic rings. The molecular weight excluding hydrogens is 260 g/mol. The first kappa shape index (κ1) is 12.0. The molecule has 0 fully saturated rings. The van der Waals surface area contributed by atoms with Gasteiger partial charge < -0.3 is 10.2 Å². The zero-order valence-electron chi connectivity index (χ0n) is 8.62. The lowest BCUT2D eigenvalue weighted by Crippen LogP contribution is -2.26. The Kier molecular flexibility index (Phi) is 3.39. The Hall–Kier alpha value is -1.03. The van der Waals surface area contributed by atoms with Crippen molar-refractivity contribution in [2.24, 2.45) is 5.41 Å². The zero-order valence-corrected chi connectivity index (χ0v) is 10.2. The Labute approximate surface area is 96.9 Å². The fourth-order valence-electron chi connectivity index (χ4n) is 1.25. The number of phenols is 1. The molecule has 0 unspecified atom stereocenters. The molecule has 0 aromatic heterocycles. The van der Waals surface area contributed by atoms with Gasteiger partial charge in [-0.05, 0) is 44.0 Å². The number of carboxylic acids is 1. The molecule has 0 aliphatic heterocycles. The van der Waals surface area contributed by atoms with Gasteiger partial charge in [-0.2, -0.15) is 0 Å². The van der Waals surface area contributed by atoms with Crippen molar-refractivity contribution in [1.29, 1.82) is 0 Å². The molecular formula is C11H13BrO3. The van der Waals surface area contributed by atoms with Crippen molar-refractivity contribution in [3.05, 3.63) is 28.2 Å². The number of hydrogen-bond donors (Lipinski definition) is 2. The molecule has 0 saturated heterocycles. The average Bonchev–Trinajstić information content (AvgIpc) is 2.10. The highest BCUT2D eigenvalue weighted by molar-refractivity contribution is 9.10. The SMILES string of the molecule is CC(C)(Cc1cc(O)ccc1Br)C(=O)O. The van der Waals surface area contributed by atoms with Crippen LogP contribution in [0, 0.1) is 5.41 Å². The van der Waals surface area contributed by atoms with E-state index >= 15 is 0 Å². The summed E-state index contributed by atoms with van der Waals surface area (Å²) in [4.78, 5) is 10.9. The number of carbonyl (C=O) groups is 1. The fraction of sp³-hybridized carbons (Fsp3) is 0.364. The summed E-state index contributed by atoms with van der Waals surface area (Å²) in [5.74, 6) is -0.702. The molecule has 82 valence electrons. The predicted molar refractivity (Wildman–Crippen MR) is 60.9 cm³/mol. The lowest BCUT2D eigenvalue weighted by atomic mass is 9.86. The van der Waals surface area contributed by atoms with Crippen LogP contribution in [0.4, 0.5) is 0 Å². The molecule has 4 heteroatoms. The number of rotatable bonds is 3. The summed E-state index contributed by atoms with van der Waals surface area (Å²) in [7, 11) is 0. The maximum atomic E-state index is 10.9. The molecule has 0 bridgehead atoms. The van der Waals surface area contributed by atoms with Gasteiger partial charge in [0.05, 0.1) is 5.41 Å². The first-order chi connectivity index (χ1) is 6.83. The Morgan fingerprint density at radius 2 is 2.07 bits per heavy atom. The summed E-state index contributed by atoms with van der Waals surface area (Å²) in [5, 5.41) is 18.3. The van der Waals surface area contributed by atoms with Crippen LogP contribution in [0.3, 0.4) is 0 Å². The fourth-order valence-corrected chi connectivity index (χ4v) is 1.64. The van der Waals surface area contributed by atoms with E-state index in [-0.39, 0.29) is 5.75 Å². The molecule has 0 amide bonds. The molecule has 0 aliphatic rings. The van der Waals surface area contributed by atoms with E-state index in [4.69, 9.17) is 5.11 Å². The zero-order chi connectivity index (χ0) is 11.6. The first-order valence-electron chi connectivity index (χ1n) is 4.54. The van der Waals surface area contributed by atoms with Crippen molar-refractivity contribution in [3.63, 3.8) is 0 Å². The monoisotopic (exact) mass is 272 g/mol. The van der Waals surface area contributed by atoms with Gasteiger partial charge in [0.15, 0.2) is 0 Å². The highest BCUT2D eigenvalue weighted by Crippen LogP contribution is 2.29. The van der Waals surface area contributed by atoms with Gasteiger partial charge in [-0.3, -0.25) is 4.79 Å². The van der Waals surface area contributed by atoms with Crippen LogP contribution in [0.15, 0.2) is 22.7 Å². The van der Waals surface area contributed by atoms with Crippen molar-refractivity contribution in [1.82, 2.24) is 0 Å². The second-order valence-electron chi connectivity index (χ2n) is 4.14. The van der Waals surface area contributed by atoms with Crippen molar-refractivity contribution >= 4 is 21.9 Å². The van der Waals surface area contributed by atoms with Crippen LogP contribution >= 0.6 is 15.9 Å². The van der Waals surface area contributed by atoms with Crippen LogP contribution in [0.2, 0.25) is 0 Å². The number of benzene rings is 1. The van der Waals surface area contributed by atoms with Crippen LogP contribution in [-0.2, 0) is 11.2 Å². The summed E-state index contributed by atoms with van der Waals surface area (Å²) < 4.78 is 0.814. The second kappa shape index (κ2) is 4.23. The molecule has 2 N–H and O–H groups in total. The smallest absolute Gasteiger partial charge is 0.309 e. The maximum Gasteiger partial charge on any atom is 0.309 e. The average molecular weight is 273 g/mol. The Morgan fingerprint density at radius 3 is 2.60 bits per heavy atom. The van der Waals surface area contributed by atoms with Gasteiger partial charge in [0.25, 0.3) is 0 Å². The topological polar surface area (TPSA) is 57.5 Å². The van der Waals surface area contributed by atoms with E-state index < -0.39 is 11.4 Å². The molecule has 0 heterocycles. The minimum absolute atomic E-state index is 0.148. The molecule has 0 saturated carbocycles. The minimum atomic E-state index is -0.849. The number of aliphatic carboxylic acids is 1. The lowest BCUT2D eigenvalue weighted by molar-refractivity contribution is -0.146.